The van der Waals surface area contributed by atoms with Crippen molar-refractivity contribution in [2.75, 3.05) is 26.2 Å². The van der Waals surface area contributed by atoms with Gasteiger partial charge in [-0.3, -0.25) is 9.59 Å². The molecule has 2 amide bonds. The van der Waals surface area contributed by atoms with Gasteiger partial charge in [-0.2, -0.15) is 5.10 Å². The van der Waals surface area contributed by atoms with Crippen molar-refractivity contribution in [3.8, 4) is 0 Å². The van der Waals surface area contributed by atoms with Crippen LogP contribution in [-0.2, 0) is 22.6 Å². The third kappa shape index (κ3) is 5.37. The average Bonchev–Trinajstić information content (AvgIpc) is 3.00. The molecule has 7 heteroatoms. The van der Waals surface area contributed by atoms with E-state index < -0.39 is 0 Å². The van der Waals surface area contributed by atoms with Gasteiger partial charge in [0.05, 0.1) is 0 Å². The average molecular weight is 438 g/mol. The number of hydrogen-bond donors (Lipinski definition) is 0. The normalized spacial score (nSPS) is 20.4. The molecule has 2 fully saturated rings. The first-order valence-electron chi connectivity index (χ1n) is 12.0. The SMILES string of the molecule is Cc1nc(C)n(CC(=O)N2CCC([C@H]3CCCCN(CCc4ccccc4)C3=O)CC2)n1. The summed E-state index contributed by atoms with van der Waals surface area (Å²) in [6.07, 6.45) is 5.91. The van der Waals surface area contributed by atoms with E-state index >= 15 is 0 Å². The van der Waals surface area contributed by atoms with E-state index in [0.29, 0.717) is 17.6 Å². The summed E-state index contributed by atoms with van der Waals surface area (Å²) >= 11 is 0. The molecule has 0 bridgehead atoms. The maximum Gasteiger partial charge on any atom is 0.244 e. The highest BCUT2D eigenvalue weighted by Crippen LogP contribution is 2.32. The number of carbonyl (C=O) groups is 2. The molecule has 2 saturated heterocycles. The Morgan fingerprint density at radius 1 is 1.03 bits per heavy atom. The number of hydrogen-bond acceptors (Lipinski definition) is 4. The van der Waals surface area contributed by atoms with Gasteiger partial charge in [0.1, 0.15) is 18.2 Å². The van der Waals surface area contributed by atoms with E-state index in [9.17, 15) is 9.59 Å². The monoisotopic (exact) mass is 437 g/mol. The van der Waals surface area contributed by atoms with Gasteiger partial charge in [0.15, 0.2) is 0 Å². The molecule has 1 aromatic carbocycles. The lowest BCUT2D eigenvalue weighted by molar-refractivity contribution is -0.138. The minimum absolute atomic E-state index is 0.0909. The molecular formula is C25H35N5O2. The van der Waals surface area contributed by atoms with Crippen molar-refractivity contribution >= 4 is 11.8 Å². The number of amides is 2. The standard InChI is InChI=1S/C25H35N5O2/c1-19-26-20(2)30(27-19)18-24(31)28-16-12-22(13-17-28)23-10-6-7-14-29(25(23)32)15-11-21-8-4-3-5-9-21/h3-5,8-9,22-23H,6-7,10-18H2,1-2H3/t23-/m1/s1. The number of piperidine rings is 1. The second-order valence-electron chi connectivity index (χ2n) is 9.25. The molecule has 0 N–H and O–H groups in total. The van der Waals surface area contributed by atoms with Crippen LogP contribution in [0.15, 0.2) is 30.3 Å². The maximum absolute atomic E-state index is 13.4. The van der Waals surface area contributed by atoms with Crippen LogP contribution in [0.4, 0.5) is 0 Å². The quantitative estimate of drug-likeness (QED) is 0.697. The zero-order valence-electron chi connectivity index (χ0n) is 19.4. The van der Waals surface area contributed by atoms with Gasteiger partial charge in [0.2, 0.25) is 11.8 Å². The molecular weight excluding hydrogens is 402 g/mol. The fraction of sp³-hybridized carbons (Fsp3) is 0.600. The summed E-state index contributed by atoms with van der Waals surface area (Å²) in [7, 11) is 0. The van der Waals surface area contributed by atoms with Crippen molar-refractivity contribution in [1.82, 2.24) is 24.6 Å². The lowest BCUT2D eigenvalue weighted by Crippen LogP contribution is -2.45. The molecule has 2 aliphatic rings. The van der Waals surface area contributed by atoms with Gasteiger partial charge >= 0.3 is 0 Å². The molecule has 32 heavy (non-hydrogen) atoms. The van der Waals surface area contributed by atoms with Crippen LogP contribution in [0.2, 0.25) is 0 Å². The summed E-state index contributed by atoms with van der Waals surface area (Å²) in [6.45, 7) is 7.08. The number of carbonyl (C=O) groups excluding carboxylic acids is 2. The molecule has 2 aromatic rings. The Bertz CT molecular complexity index is 918. The molecule has 0 spiro atoms. The van der Waals surface area contributed by atoms with Gasteiger partial charge in [-0.15, -0.1) is 0 Å². The minimum atomic E-state index is 0.0909. The van der Waals surface area contributed by atoms with Crippen LogP contribution >= 0.6 is 0 Å². The third-order valence-corrected chi connectivity index (χ3v) is 7.04. The van der Waals surface area contributed by atoms with Crippen molar-refractivity contribution in [3.63, 3.8) is 0 Å². The van der Waals surface area contributed by atoms with Gasteiger partial charge in [0, 0.05) is 32.1 Å². The summed E-state index contributed by atoms with van der Waals surface area (Å²) in [5.74, 6) is 2.36. The molecule has 3 heterocycles. The molecule has 2 aliphatic heterocycles. The van der Waals surface area contributed by atoms with Crippen molar-refractivity contribution < 1.29 is 9.59 Å². The first-order valence-corrected chi connectivity index (χ1v) is 12.0. The van der Waals surface area contributed by atoms with E-state index in [-0.39, 0.29) is 18.4 Å². The third-order valence-electron chi connectivity index (χ3n) is 7.04. The molecule has 0 aliphatic carbocycles. The van der Waals surface area contributed by atoms with Crippen LogP contribution in [0.1, 0.15) is 49.3 Å². The van der Waals surface area contributed by atoms with E-state index in [0.717, 1.165) is 70.5 Å². The highest BCUT2D eigenvalue weighted by molar-refractivity contribution is 5.79. The number of aryl methyl sites for hydroxylation is 2. The number of likely N-dealkylation sites (tertiary alicyclic amines) is 2. The molecule has 0 saturated carbocycles. The highest BCUT2D eigenvalue weighted by Gasteiger charge is 2.35. The number of aromatic nitrogens is 3. The van der Waals surface area contributed by atoms with Crippen molar-refractivity contribution in [3.05, 3.63) is 47.5 Å². The largest absolute Gasteiger partial charge is 0.342 e. The Kier molecular flexibility index (Phi) is 7.22. The summed E-state index contributed by atoms with van der Waals surface area (Å²) in [6, 6.07) is 10.4. The van der Waals surface area contributed by atoms with Gasteiger partial charge in [-0.05, 0) is 57.4 Å². The first-order chi connectivity index (χ1) is 15.5. The zero-order valence-corrected chi connectivity index (χ0v) is 19.4. The predicted molar refractivity (Wildman–Crippen MR) is 123 cm³/mol. The van der Waals surface area contributed by atoms with Crippen LogP contribution in [-0.4, -0.2) is 62.6 Å². The molecule has 4 rings (SSSR count). The van der Waals surface area contributed by atoms with Crippen LogP contribution in [0.3, 0.4) is 0 Å². The summed E-state index contributed by atoms with van der Waals surface area (Å²) < 4.78 is 1.68. The fourth-order valence-electron chi connectivity index (χ4n) is 5.19. The lowest BCUT2D eigenvalue weighted by Gasteiger charge is -2.36. The lowest BCUT2D eigenvalue weighted by atomic mass is 9.81. The number of rotatable bonds is 6. The van der Waals surface area contributed by atoms with E-state index in [1.54, 1.807) is 4.68 Å². The zero-order chi connectivity index (χ0) is 22.5. The van der Waals surface area contributed by atoms with Crippen molar-refractivity contribution in [1.29, 1.82) is 0 Å². The van der Waals surface area contributed by atoms with E-state index in [4.69, 9.17) is 0 Å². The van der Waals surface area contributed by atoms with Crippen LogP contribution in [0, 0.1) is 25.7 Å². The first kappa shape index (κ1) is 22.5. The molecule has 1 aromatic heterocycles. The van der Waals surface area contributed by atoms with E-state index in [2.05, 4.69) is 39.2 Å². The Morgan fingerprint density at radius 2 is 1.78 bits per heavy atom. The summed E-state index contributed by atoms with van der Waals surface area (Å²) in [4.78, 5) is 34.5. The van der Waals surface area contributed by atoms with E-state index in [1.807, 2.05) is 24.8 Å². The maximum atomic E-state index is 13.4. The molecule has 7 nitrogen and oxygen atoms in total. The molecule has 172 valence electrons. The molecule has 0 unspecified atom stereocenters. The smallest absolute Gasteiger partial charge is 0.244 e. The van der Waals surface area contributed by atoms with E-state index in [1.165, 1.54) is 5.56 Å². The van der Waals surface area contributed by atoms with Gasteiger partial charge in [-0.1, -0.05) is 36.8 Å². The fourth-order valence-corrected chi connectivity index (χ4v) is 5.19. The Hall–Kier alpha value is -2.70. The van der Waals surface area contributed by atoms with Crippen molar-refractivity contribution in [2.24, 2.45) is 11.8 Å². The number of benzene rings is 1. The van der Waals surface area contributed by atoms with Crippen LogP contribution < -0.4 is 0 Å². The topological polar surface area (TPSA) is 71.3 Å². The molecule has 0 radical (unpaired) electrons. The van der Waals surface area contributed by atoms with Crippen molar-refractivity contribution in [2.45, 2.75) is 58.9 Å². The van der Waals surface area contributed by atoms with Gasteiger partial charge < -0.3 is 9.80 Å². The summed E-state index contributed by atoms with van der Waals surface area (Å²) in [5.41, 5.74) is 1.28. The second-order valence-corrected chi connectivity index (χ2v) is 9.25. The Labute approximate surface area is 190 Å². The van der Waals surface area contributed by atoms with Crippen LogP contribution in [0.25, 0.3) is 0 Å². The second kappa shape index (κ2) is 10.3. The number of nitrogens with zero attached hydrogens (tertiary/aromatic N) is 5. The minimum Gasteiger partial charge on any atom is -0.342 e. The summed E-state index contributed by atoms with van der Waals surface area (Å²) in [5, 5.41) is 4.31. The Morgan fingerprint density at radius 3 is 2.47 bits per heavy atom. The van der Waals surface area contributed by atoms with Gasteiger partial charge in [0.25, 0.3) is 0 Å². The Balaban J connectivity index is 1.31. The van der Waals surface area contributed by atoms with Gasteiger partial charge in [-0.25, -0.2) is 9.67 Å². The van der Waals surface area contributed by atoms with Crippen LogP contribution in [0.5, 0.6) is 0 Å². The predicted octanol–water partition coefficient (Wildman–Crippen LogP) is 3.00. The highest BCUT2D eigenvalue weighted by atomic mass is 16.2. The molecule has 1 atom stereocenters.